The predicted octanol–water partition coefficient (Wildman–Crippen LogP) is 6.21. The van der Waals surface area contributed by atoms with Crippen molar-refractivity contribution in [3.8, 4) is 17.0 Å². The zero-order chi connectivity index (χ0) is 23.4. The molecule has 0 aliphatic heterocycles. The van der Waals surface area contributed by atoms with E-state index in [1.807, 2.05) is 24.6 Å². The summed E-state index contributed by atoms with van der Waals surface area (Å²) >= 11 is 20.9. The predicted molar refractivity (Wildman–Crippen MR) is 134 cm³/mol. The molecule has 0 saturated carbocycles. The molecule has 0 bridgehead atoms. The Bertz CT molecular complexity index is 1290. The average Bonchev–Trinajstić information content (AvgIpc) is 3.38. The summed E-state index contributed by atoms with van der Waals surface area (Å²) in [5, 5.41) is 15.5. The maximum absolute atomic E-state index is 12.4. The third-order valence-corrected chi connectivity index (χ3v) is 7.05. The molecule has 0 unspecified atom stereocenters. The molecule has 0 aliphatic rings. The average molecular weight is 541 g/mol. The lowest BCUT2D eigenvalue weighted by atomic mass is 10.2. The lowest BCUT2D eigenvalue weighted by molar-refractivity contribution is -0.113. The number of nitrogens with zero attached hydrogens (tertiary/aromatic N) is 4. The summed E-state index contributed by atoms with van der Waals surface area (Å²) < 4.78 is 7.48. The van der Waals surface area contributed by atoms with Gasteiger partial charge in [0.1, 0.15) is 12.4 Å². The summed E-state index contributed by atoms with van der Waals surface area (Å²) in [5.41, 5.74) is 1.42. The fourth-order valence-electron chi connectivity index (χ4n) is 2.74. The molecule has 0 spiro atoms. The van der Waals surface area contributed by atoms with Crippen LogP contribution in [0.15, 0.2) is 53.0 Å². The highest BCUT2D eigenvalue weighted by Crippen LogP contribution is 2.32. The van der Waals surface area contributed by atoms with E-state index in [-0.39, 0.29) is 18.3 Å². The molecule has 0 saturated heterocycles. The van der Waals surface area contributed by atoms with Crippen molar-refractivity contribution in [3.63, 3.8) is 0 Å². The third-order valence-electron chi connectivity index (χ3n) is 4.41. The summed E-state index contributed by atoms with van der Waals surface area (Å²) in [4.78, 5) is 16.8. The molecule has 7 nitrogen and oxygen atoms in total. The van der Waals surface area contributed by atoms with Crippen LogP contribution >= 0.6 is 57.9 Å². The Kier molecular flexibility index (Phi) is 7.77. The summed E-state index contributed by atoms with van der Waals surface area (Å²) in [5.74, 6) is 1.12. The minimum absolute atomic E-state index is 0.147. The number of halogens is 3. The van der Waals surface area contributed by atoms with Gasteiger partial charge >= 0.3 is 0 Å². The molecule has 170 valence electrons. The topological polar surface area (TPSA) is 81.9 Å². The number of amides is 1. The van der Waals surface area contributed by atoms with E-state index in [1.54, 1.807) is 34.9 Å². The zero-order valence-electron chi connectivity index (χ0n) is 17.1. The molecule has 0 atom stereocenters. The Hall–Kier alpha value is -2.30. The highest BCUT2D eigenvalue weighted by atomic mass is 35.5. The number of hydrogen-bond acceptors (Lipinski definition) is 7. The van der Waals surface area contributed by atoms with Crippen LogP contribution in [0.5, 0.6) is 5.75 Å². The third kappa shape index (κ3) is 5.99. The largest absolute Gasteiger partial charge is 0.484 e. The SMILES string of the molecule is Cn1c(COc2ccccc2Cl)nnc1SCC(=O)Nc1nc(-c2ccc(Cl)cc2Cl)cs1. The van der Waals surface area contributed by atoms with Crippen LogP contribution in [-0.4, -0.2) is 31.4 Å². The summed E-state index contributed by atoms with van der Waals surface area (Å²) in [6.07, 6.45) is 0. The van der Waals surface area contributed by atoms with Crippen molar-refractivity contribution in [2.24, 2.45) is 7.05 Å². The van der Waals surface area contributed by atoms with Crippen molar-refractivity contribution in [1.82, 2.24) is 19.7 Å². The zero-order valence-corrected chi connectivity index (χ0v) is 21.0. The van der Waals surface area contributed by atoms with Crippen LogP contribution in [0.25, 0.3) is 11.3 Å². The van der Waals surface area contributed by atoms with Gasteiger partial charge in [-0.15, -0.1) is 21.5 Å². The van der Waals surface area contributed by atoms with Gasteiger partial charge in [0, 0.05) is 23.0 Å². The van der Waals surface area contributed by atoms with Crippen molar-refractivity contribution >= 4 is 68.9 Å². The van der Waals surface area contributed by atoms with Crippen LogP contribution in [0, 0.1) is 0 Å². The first-order chi connectivity index (χ1) is 15.9. The first kappa shape index (κ1) is 23.8. The first-order valence-corrected chi connectivity index (χ1v) is 12.5. The summed E-state index contributed by atoms with van der Waals surface area (Å²) in [7, 11) is 1.81. The van der Waals surface area contributed by atoms with E-state index in [2.05, 4.69) is 20.5 Å². The van der Waals surface area contributed by atoms with Crippen molar-refractivity contribution in [3.05, 3.63) is 68.7 Å². The number of nitrogens with one attached hydrogen (secondary N) is 1. The van der Waals surface area contributed by atoms with Crippen molar-refractivity contribution < 1.29 is 9.53 Å². The second-order valence-electron chi connectivity index (χ2n) is 6.68. The van der Waals surface area contributed by atoms with Crippen molar-refractivity contribution in [2.75, 3.05) is 11.1 Å². The van der Waals surface area contributed by atoms with Crippen LogP contribution in [0.1, 0.15) is 5.82 Å². The number of hydrogen-bond donors (Lipinski definition) is 1. The lowest BCUT2D eigenvalue weighted by Crippen LogP contribution is -2.14. The maximum Gasteiger partial charge on any atom is 0.236 e. The number of para-hydroxylation sites is 1. The Balaban J connectivity index is 1.31. The van der Waals surface area contributed by atoms with E-state index in [1.165, 1.54) is 23.1 Å². The molecule has 2 aromatic carbocycles. The Morgan fingerprint density at radius 2 is 1.97 bits per heavy atom. The van der Waals surface area contributed by atoms with Crippen molar-refractivity contribution in [1.29, 1.82) is 0 Å². The molecule has 0 fully saturated rings. The van der Waals surface area contributed by atoms with E-state index < -0.39 is 0 Å². The van der Waals surface area contributed by atoms with Gasteiger partial charge < -0.3 is 14.6 Å². The number of thiazole rings is 1. The number of carbonyl (C=O) groups excluding carboxylic acids is 1. The Morgan fingerprint density at radius 1 is 1.15 bits per heavy atom. The van der Waals surface area contributed by atoms with Crippen LogP contribution < -0.4 is 10.1 Å². The fourth-order valence-corrected chi connectivity index (χ4v) is 4.89. The molecule has 33 heavy (non-hydrogen) atoms. The first-order valence-electron chi connectivity index (χ1n) is 9.50. The van der Waals surface area contributed by atoms with Gasteiger partial charge in [-0.05, 0) is 30.3 Å². The number of rotatable bonds is 8. The van der Waals surface area contributed by atoms with E-state index in [0.717, 1.165) is 5.56 Å². The van der Waals surface area contributed by atoms with Crippen LogP contribution in [0.4, 0.5) is 5.13 Å². The standard InChI is InChI=1S/C21H16Cl3N5O2S2/c1-29-18(9-31-17-5-3-2-4-14(17)23)27-28-21(29)33-11-19(30)26-20-25-16(10-32-20)13-7-6-12(22)8-15(13)24/h2-8,10H,9,11H2,1H3,(H,25,26,30). The van der Waals surface area contributed by atoms with E-state index in [9.17, 15) is 4.79 Å². The molecular weight excluding hydrogens is 525 g/mol. The molecule has 12 heteroatoms. The minimum Gasteiger partial charge on any atom is -0.484 e. The summed E-state index contributed by atoms with van der Waals surface area (Å²) in [6.45, 7) is 0.204. The highest BCUT2D eigenvalue weighted by Gasteiger charge is 2.14. The van der Waals surface area contributed by atoms with Gasteiger partial charge in [0.2, 0.25) is 5.91 Å². The molecule has 4 aromatic rings. The second-order valence-corrected chi connectivity index (χ2v) is 9.73. The monoisotopic (exact) mass is 539 g/mol. The Morgan fingerprint density at radius 3 is 2.76 bits per heavy atom. The molecule has 1 amide bonds. The minimum atomic E-state index is -0.208. The number of anilines is 1. The van der Waals surface area contributed by atoms with Crippen LogP contribution in [0.2, 0.25) is 15.1 Å². The lowest BCUT2D eigenvalue weighted by Gasteiger charge is -2.07. The molecule has 4 rings (SSSR count). The van der Waals surface area contributed by atoms with Crippen molar-refractivity contribution in [2.45, 2.75) is 11.8 Å². The number of aromatic nitrogens is 4. The van der Waals surface area contributed by atoms with Gasteiger partial charge in [-0.3, -0.25) is 4.79 Å². The van der Waals surface area contributed by atoms with Gasteiger partial charge in [-0.2, -0.15) is 0 Å². The molecule has 2 aromatic heterocycles. The van der Waals surface area contributed by atoms with Crippen LogP contribution in [-0.2, 0) is 18.4 Å². The number of carbonyl (C=O) groups is 1. The van der Waals surface area contributed by atoms with Crippen LogP contribution in [0.3, 0.4) is 0 Å². The fraction of sp³-hybridized carbons (Fsp3) is 0.143. The summed E-state index contributed by atoms with van der Waals surface area (Å²) in [6, 6.07) is 12.4. The second kappa shape index (κ2) is 10.8. The smallest absolute Gasteiger partial charge is 0.236 e. The van der Waals surface area contributed by atoms with Gasteiger partial charge in [0.05, 0.1) is 21.5 Å². The quantitative estimate of drug-likeness (QED) is 0.268. The van der Waals surface area contributed by atoms with Gasteiger partial charge in [0.15, 0.2) is 16.1 Å². The van der Waals surface area contributed by atoms with E-state index >= 15 is 0 Å². The molecular formula is C21H16Cl3N5O2S2. The number of thioether (sulfide) groups is 1. The molecule has 0 aliphatic carbocycles. The number of benzene rings is 2. The maximum atomic E-state index is 12.4. The molecule has 2 heterocycles. The van der Waals surface area contributed by atoms with Gasteiger partial charge in [-0.25, -0.2) is 4.98 Å². The van der Waals surface area contributed by atoms with E-state index in [4.69, 9.17) is 39.5 Å². The normalized spacial score (nSPS) is 10.9. The Labute approximate surface area is 213 Å². The van der Waals surface area contributed by atoms with Gasteiger partial charge in [0.25, 0.3) is 0 Å². The van der Waals surface area contributed by atoms with Gasteiger partial charge in [-0.1, -0.05) is 58.7 Å². The van der Waals surface area contributed by atoms with E-state index in [0.29, 0.717) is 42.6 Å². The number of ether oxygens (including phenoxy) is 1. The highest BCUT2D eigenvalue weighted by molar-refractivity contribution is 7.99. The molecule has 0 radical (unpaired) electrons. The molecule has 1 N–H and O–H groups in total.